The summed E-state index contributed by atoms with van der Waals surface area (Å²) >= 11 is 0. The zero-order valence-electron chi connectivity index (χ0n) is 46.7. The van der Waals surface area contributed by atoms with Gasteiger partial charge in [0.2, 0.25) is 0 Å². The molecule has 0 fully saturated rings. The maximum absolute atomic E-state index is 6.38. The summed E-state index contributed by atoms with van der Waals surface area (Å²) in [5, 5.41) is 4.78. The molecule has 2 nitrogen and oxygen atoms in total. The lowest BCUT2D eigenvalue weighted by molar-refractivity contribution is 0.586. The van der Waals surface area contributed by atoms with Gasteiger partial charge in [-0.3, -0.25) is 0 Å². The topological polar surface area (TPSA) is 16.4 Å². The first kappa shape index (κ1) is 48.6. The van der Waals surface area contributed by atoms with Crippen molar-refractivity contribution in [2.24, 2.45) is 0 Å². The summed E-state index contributed by atoms with van der Waals surface area (Å²) in [5.74, 6) is 0. The lowest BCUT2D eigenvalue weighted by Gasteiger charge is -2.34. The summed E-state index contributed by atoms with van der Waals surface area (Å²) in [5.41, 5.74) is 26.9. The molecule has 15 rings (SSSR count). The van der Waals surface area contributed by atoms with Gasteiger partial charge in [-0.1, -0.05) is 236 Å². The average molecular weight is 1040 g/mol. The van der Waals surface area contributed by atoms with Gasteiger partial charge in [-0.25, -0.2) is 0 Å². The van der Waals surface area contributed by atoms with Gasteiger partial charge in [-0.15, -0.1) is 0 Å². The minimum Gasteiger partial charge on any atom is -0.456 e. The molecule has 2 heteroatoms. The van der Waals surface area contributed by atoms with Crippen molar-refractivity contribution >= 4 is 49.8 Å². The third-order valence-corrected chi connectivity index (χ3v) is 17.6. The molecule has 0 unspecified atom stereocenters. The molecule has 0 N–H and O–H groups in total. The molecular weight excluding hydrogens is 979 g/mol. The zero-order chi connectivity index (χ0) is 54.8. The van der Waals surface area contributed by atoms with Crippen LogP contribution in [0.15, 0.2) is 265 Å². The van der Waals surface area contributed by atoms with Crippen molar-refractivity contribution in [1.29, 1.82) is 0 Å². The second-order valence-electron chi connectivity index (χ2n) is 24.5. The molecule has 388 valence electrons. The van der Waals surface area contributed by atoms with Crippen molar-refractivity contribution in [2.75, 3.05) is 4.90 Å². The second-order valence-corrected chi connectivity index (χ2v) is 24.5. The third-order valence-electron chi connectivity index (χ3n) is 17.6. The minimum atomic E-state index is -0.640. The normalized spacial score (nSPS) is 13.2. The van der Waals surface area contributed by atoms with Crippen LogP contribution in [0.1, 0.15) is 74.9 Å². The lowest BCUT2D eigenvalue weighted by Crippen LogP contribution is -2.27. The molecule has 0 atom stereocenters. The van der Waals surface area contributed by atoms with Gasteiger partial charge in [0.25, 0.3) is 0 Å². The van der Waals surface area contributed by atoms with Crippen LogP contribution < -0.4 is 4.90 Å². The van der Waals surface area contributed by atoms with Crippen LogP contribution in [-0.4, -0.2) is 0 Å². The van der Waals surface area contributed by atoms with Crippen LogP contribution in [0.2, 0.25) is 0 Å². The SMILES string of the molecule is CC(C)(C)c1ccc2c(c1)C1(c3cc(-c4cccc(-c5cccc6ccccc56)c4)ccc3-c3ccc(N(c4ccc(-c5ccccc5)cc4)c4ccc(-c5ccc6c(c5)oc5ccccc56)cc4)cc31)c1cc(C(C)(C)C)ccc1-2. The van der Waals surface area contributed by atoms with Crippen LogP contribution in [0.3, 0.4) is 0 Å². The van der Waals surface area contributed by atoms with Gasteiger partial charge in [0.15, 0.2) is 0 Å². The standard InChI is InChI=1S/C79H61NO/c1-77(2,3)58-32-41-66-67-42-33-59(78(4,5)6)48-73(67)79(72(66)47-58)71-45-55(54-20-14-21-57(44-54)64-24-15-19-53-18-10-11-22-63(53)64)30-39-65(71)68-43-38-62(49-74(68)79)80(60-34-26-51(27-35-60)50-16-8-7-9-17-50)61-36-28-52(29-37-61)56-31-40-70-69-23-12-13-25-75(69)81-76(70)46-56/h7-49H,1-6H3. The molecular formula is C79H61NO. The first-order valence-corrected chi connectivity index (χ1v) is 28.5. The number of fused-ring (bicyclic) bond motifs is 14. The van der Waals surface area contributed by atoms with Crippen LogP contribution in [-0.2, 0) is 16.2 Å². The largest absolute Gasteiger partial charge is 0.456 e. The summed E-state index contributed by atoms with van der Waals surface area (Å²) in [6, 6.07) is 97.7. The van der Waals surface area contributed by atoms with Crippen molar-refractivity contribution < 1.29 is 4.42 Å². The Kier molecular flexibility index (Phi) is 11.0. The fourth-order valence-corrected chi connectivity index (χ4v) is 13.4. The molecule has 2 aliphatic rings. The number of nitrogens with zero attached hydrogens (tertiary/aromatic N) is 1. The minimum absolute atomic E-state index is 0.0791. The Labute approximate surface area is 475 Å². The molecule has 0 bridgehead atoms. The summed E-state index contributed by atoms with van der Waals surface area (Å²) in [6.07, 6.45) is 0. The van der Waals surface area contributed by atoms with Crippen molar-refractivity contribution in [3.63, 3.8) is 0 Å². The molecule has 0 radical (unpaired) electrons. The average Bonchev–Trinajstić information content (AvgIpc) is 1.70. The van der Waals surface area contributed by atoms with E-state index >= 15 is 0 Å². The van der Waals surface area contributed by atoms with Gasteiger partial charge < -0.3 is 9.32 Å². The van der Waals surface area contributed by atoms with E-state index in [1.165, 1.54) is 99.8 Å². The fourth-order valence-electron chi connectivity index (χ4n) is 13.4. The molecule has 0 saturated heterocycles. The molecule has 0 amide bonds. The van der Waals surface area contributed by atoms with Crippen LogP contribution in [0.25, 0.3) is 99.5 Å². The number of hydrogen-bond donors (Lipinski definition) is 0. The molecule has 13 aromatic rings. The van der Waals surface area contributed by atoms with E-state index in [0.717, 1.165) is 50.1 Å². The van der Waals surface area contributed by atoms with E-state index in [-0.39, 0.29) is 10.8 Å². The second kappa shape index (κ2) is 18.3. The molecule has 1 aromatic heterocycles. The molecule has 12 aromatic carbocycles. The highest BCUT2D eigenvalue weighted by molar-refractivity contribution is 6.06. The monoisotopic (exact) mass is 1040 g/mol. The number of furan rings is 1. The Morgan fingerprint density at radius 1 is 0.284 bits per heavy atom. The van der Waals surface area contributed by atoms with E-state index in [1.807, 2.05) is 12.1 Å². The molecule has 81 heavy (non-hydrogen) atoms. The van der Waals surface area contributed by atoms with Gasteiger partial charge in [-0.2, -0.15) is 0 Å². The summed E-state index contributed by atoms with van der Waals surface area (Å²) in [4.78, 5) is 2.45. The van der Waals surface area contributed by atoms with E-state index in [4.69, 9.17) is 4.42 Å². The molecule has 0 aliphatic heterocycles. The van der Waals surface area contributed by atoms with E-state index < -0.39 is 5.41 Å². The van der Waals surface area contributed by atoms with E-state index in [2.05, 4.69) is 295 Å². The van der Waals surface area contributed by atoms with Crippen molar-refractivity contribution in [3.8, 4) is 66.8 Å². The van der Waals surface area contributed by atoms with Crippen LogP contribution in [0, 0.1) is 0 Å². The van der Waals surface area contributed by atoms with E-state index in [1.54, 1.807) is 0 Å². The van der Waals surface area contributed by atoms with Gasteiger partial charge in [0, 0.05) is 27.8 Å². The molecule has 0 saturated carbocycles. The Balaban J connectivity index is 0.944. The highest BCUT2D eigenvalue weighted by atomic mass is 16.3. The predicted molar refractivity (Wildman–Crippen MR) is 341 cm³/mol. The van der Waals surface area contributed by atoms with E-state index in [9.17, 15) is 0 Å². The van der Waals surface area contributed by atoms with Gasteiger partial charge in [0.05, 0.1) is 5.41 Å². The van der Waals surface area contributed by atoms with Crippen molar-refractivity contribution in [2.45, 2.75) is 57.8 Å². The highest BCUT2D eigenvalue weighted by Crippen LogP contribution is 2.65. The number of benzene rings is 12. The lowest BCUT2D eigenvalue weighted by atomic mass is 9.68. The van der Waals surface area contributed by atoms with Crippen LogP contribution in [0.4, 0.5) is 17.1 Å². The van der Waals surface area contributed by atoms with Crippen molar-refractivity contribution in [3.05, 3.63) is 294 Å². The van der Waals surface area contributed by atoms with Gasteiger partial charge in [0.1, 0.15) is 11.2 Å². The Bertz CT molecular complexity index is 4570. The Morgan fingerprint density at radius 3 is 1.41 bits per heavy atom. The van der Waals surface area contributed by atoms with Crippen LogP contribution >= 0.6 is 0 Å². The van der Waals surface area contributed by atoms with Crippen molar-refractivity contribution in [1.82, 2.24) is 0 Å². The van der Waals surface area contributed by atoms with E-state index in [0.29, 0.717) is 0 Å². The number of anilines is 3. The summed E-state index contributed by atoms with van der Waals surface area (Å²) in [6.45, 7) is 14.1. The fraction of sp³-hybridized carbons (Fsp3) is 0.114. The molecule has 1 spiro atoms. The zero-order valence-corrected chi connectivity index (χ0v) is 46.7. The Morgan fingerprint density at radius 2 is 0.728 bits per heavy atom. The highest BCUT2D eigenvalue weighted by Gasteiger charge is 2.53. The number of rotatable bonds is 7. The molecule has 2 aliphatic carbocycles. The van der Waals surface area contributed by atoms with Gasteiger partial charge in [-0.05, 0) is 188 Å². The third kappa shape index (κ3) is 7.83. The first-order chi connectivity index (χ1) is 39.4. The maximum Gasteiger partial charge on any atom is 0.136 e. The maximum atomic E-state index is 6.38. The van der Waals surface area contributed by atoms with Crippen LogP contribution in [0.5, 0.6) is 0 Å². The Hall–Kier alpha value is -9.50. The smallest absolute Gasteiger partial charge is 0.136 e. The first-order valence-electron chi connectivity index (χ1n) is 28.5. The quantitative estimate of drug-likeness (QED) is 0.158. The summed E-state index contributed by atoms with van der Waals surface area (Å²) in [7, 11) is 0. The summed E-state index contributed by atoms with van der Waals surface area (Å²) < 4.78 is 6.38. The molecule has 1 heterocycles. The number of hydrogen-bond acceptors (Lipinski definition) is 2. The van der Waals surface area contributed by atoms with Gasteiger partial charge >= 0.3 is 0 Å². The number of para-hydroxylation sites is 1. The predicted octanol–water partition coefficient (Wildman–Crippen LogP) is 21.8.